The van der Waals surface area contributed by atoms with Gasteiger partial charge in [0.1, 0.15) is 5.78 Å². The number of para-hydroxylation sites is 1. The van der Waals surface area contributed by atoms with Crippen LogP contribution in [-0.4, -0.2) is 48.1 Å². The molecule has 1 amide bonds. The average molecular weight is 503 g/mol. The number of fused-ring (bicyclic) bond motifs is 1. The zero-order chi connectivity index (χ0) is 26.1. The maximum Gasteiger partial charge on any atom is 0.490 e. The molecule has 0 aliphatic carbocycles. The second-order valence-electron chi connectivity index (χ2n) is 8.78. The smallest absolute Gasteiger partial charge is 0.475 e. The van der Waals surface area contributed by atoms with Gasteiger partial charge in [0.15, 0.2) is 0 Å². The van der Waals surface area contributed by atoms with Crippen LogP contribution in [0.5, 0.6) is 0 Å². The first-order chi connectivity index (χ1) is 17.1. The Kier molecular flexibility index (Phi) is 9.41. The van der Waals surface area contributed by atoms with E-state index in [0.29, 0.717) is 6.42 Å². The Morgan fingerprint density at radius 1 is 1.08 bits per heavy atom. The molecule has 6 nitrogen and oxygen atoms in total. The van der Waals surface area contributed by atoms with Crippen LogP contribution in [0.4, 0.5) is 18.9 Å². The average Bonchev–Trinajstić information content (AvgIpc) is 3.24. The predicted molar refractivity (Wildman–Crippen MR) is 130 cm³/mol. The molecule has 0 aromatic heterocycles. The number of aryl methyl sites for hydroxylation is 1. The van der Waals surface area contributed by atoms with Gasteiger partial charge in [0.25, 0.3) is 5.91 Å². The fraction of sp³-hybridized carbons (Fsp3) is 0.370. The number of alkyl halides is 3. The molecule has 36 heavy (non-hydrogen) atoms. The highest BCUT2D eigenvalue weighted by molar-refractivity contribution is 6.03. The van der Waals surface area contributed by atoms with Crippen molar-refractivity contribution in [1.82, 2.24) is 5.32 Å². The number of anilines is 1. The Morgan fingerprint density at radius 2 is 1.72 bits per heavy atom. The highest BCUT2D eigenvalue weighted by atomic mass is 19.4. The zero-order valence-electron chi connectivity index (χ0n) is 19.7. The molecule has 2 aromatic carbocycles. The van der Waals surface area contributed by atoms with Crippen LogP contribution in [0.1, 0.15) is 30.4 Å². The summed E-state index contributed by atoms with van der Waals surface area (Å²) in [5, 5.41) is 10.3. The number of carbonyl (C=O) groups excluding carboxylic acids is 2. The number of allylic oxidation sites excluding steroid dienone is 1. The van der Waals surface area contributed by atoms with Crippen LogP contribution in [0, 0.1) is 5.92 Å². The van der Waals surface area contributed by atoms with Crippen LogP contribution in [0.25, 0.3) is 0 Å². The van der Waals surface area contributed by atoms with E-state index in [-0.39, 0.29) is 23.7 Å². The minimum Gasteiger partial charge on any atom is -0.475 e. The fourth-order valence-electron chi connectivity index (χ4n) is 4.10. The van der Waals surface area contributed by atoms with E-state index in [0.717, 1.165) is 44.5 Å². The molecule has 0 spiro atoms. The number of carboxylic acids is 1. The third kappa shape index (κ3) is 7.78. The number of hydrogen-bond donors (Lipinski definition) is 2. The fourth-order valence-corrected chi connectivity index (χ4v) is 4.10. The number of halogens is 3. The van der Waals surface area contributed by atoms with Gasteiger partial charge in [0.2, 0.25) is 0 Å². The monoisotopic (exact) mass is 502 g/mol. The molecular formula is C27H29F3N2O4. The van der Waals surface area contributed by atoms with E-state index in [2.05, 4.69) is 23.5 Å². The van der Waals surface area contributed by atoms with E-state index < -0.39 is 12.1 Å². The number of Topliss-reactive ketones (excluding diaryl/α,β-unsaturated/α-hetero) is 1. The molecule has 0 unspecified atom stereocenters. The molecular weight excluding hydrogens is 473 g/mol. The maximum absolute atomic E-state index is 12.8. The molecule has 2 atom stereocenters. The van der Waals surface area contributed by atoms with Crippen LogP contribution in [0.3, 0.4) is 0 Å². The molecule has 0 saturated carbocycles. The number of aliphatic carboxylic acids is 1. The zero-order valence-corrected chi connectivity index (χ0v) is 19.7. The van der Waals surface area contributed by atoms with E-state index in [9.17, 15) is 22.8 Å². The molecule has 9 heteroatoms. The van der Waals surface area contributed by atoms with Gasteiger partial charge in [-0.3, -0.25) is 9.59 Å². The number of nitrogens with one attached hydrogen (secondary N) is 1. The summed E-state index contributed by atoms with van der Waals surface area (Å²) in [4.78, 5) is 36.1. The van der Waals surface area contributed by atoms with Crippen LogP contribution < -0.4 is 10.2 Å². The second kappa shape index (κ2) is 12.5. The molecule has 2 aliphatic rings. The summed E-state index contributed by atoms with van der Waals surface area (Å²) in [5.74, 6) is -2.41. The summed E-state index contributed by atoms with van der Waals surface area (Å²) in [6.45, 7) is 1.65. The van der Waals surface area contributed by atoms with Crippen molar-refractivity contribution in [2.24, 2.45) is 5.92 Å². The highest BCUT2D eigenvalue weighted by Crippen LogP contribution is 2.28. The Labute approximate surface area is 207 Å². The van der Waals surface area contributed by atoms with Crippen molar-refractivity contribution in [3.63, 3.8) is 0 Å². The van der Waals surface area contributed by atoms with Gasteiger partial charge in [0, 0.05) is 18.7 Å². The molecule has 1 fully saturated rings. The third-order valence-electron chi connectivity index (χ3n) is 6.23. The first kappa shape index (κ1) is 27.1. The first-order valence-corrected chi connectivity index (χ1v) is 11.8. The standard InChI is InChI=1S/C25H28N2O2.C2HF3O2/c28-24(22-14-16-26-22)18-20(11-10-19-6-2-1-3-7-19)12-13-25(29)27-17-15-21-8-4-5-9-23(21)27;3-2(4,5)1(6)7/h1-9,12-13,20,22,26H,10-11,14-18H2;(H,6,7)/b13-12+;/t20-,22-;/m0./s1. The lowest BCUT2D eigenvalue weighted by atomic mass is 9.89. The third-order valence-corrected chi connectivity index (χ3v) is 6.23. The Balaban J connectivity index is 0.000000454. The van der Waals surface area contributed by atoms with Crippen molar-refractivity contribution in [3.05, 3.63) is 77.9 Å². The number of nitrogens with zero attached hydrogens (tertiary/aromatic N) is 1. The summed E-state index contributed by atoms with van der Waals surface area (Å²) in [5.41, 5.74) is 3.50. The normalized spacial score (nSPS) is 17.5. The largest absolute Gasteiger partial charge is 0.490 e. The summed E-state index contributed by atoms with van der Waals surface area (Å²) >= 11 is 0. The summed E-state index contributed by atoms with van der Waals surface area (Å²) < 4.78 is 31.7. The Hall–Kier alpha value is -3.46. The number of benzene rings is 2. The number of amides is 1. The van der Waals surface area contributed by atoms with Crippen molar-refractivity contribution in [3.8, 4) is 0 Å². The van der Waals surface area contributed by atoms with Gasteiger partial charge in [-0.05, 0) is 61.4 Å². The lowest BCUT2D eigenvalue weighted by molar-refractivity contribution is -0.192. The number of ketones is 1. The van der Waals surface area contributed by atoms with E-state index in [1.54, 1.807) is 6.08 Å². The quantitative estimate of drug-likeness (QED) is 0.525. The van der Waals surface area contributed by atoms with E-state index in [1.807, 2.05) is 47.4 Å². The molecule has 1 saturated heterocycles. The Morgan fingerprint density at radius 3 is 2.33 bits per heavy atom. The van der Waals surface area contributed by atoms with Gasteiger partial charge >= 0.3 is 12.1 Å². The van der Waals surface area contributed by atoms with E-state index >= 15 is 0 Å². The topological polar surface area (TPSA) is 86.7 Å². The Bertz CT molecular complexity index is 1080. The van der Waals surface area contributed by atoms with Crippen molar-refractivity contribution < 1.29 is 32.7 Å². The SMILES string of the molecule is O=C(C[C@H](/C=C/C(=O)N1CCc2ccccc21)CCc1ccccc1)[C@@H]1CCN1.O=C(O)C(F)(F)F. The van der Waals surface area contributed by atoms with Crippen molar-refractivity contribution in [2.45, 2.75) is 44.3 Å². The number of carbonyl (C=O) groups is 3. The van der Waals surface area contributed by atoms with Crippen LogP contribution in [-0.2, 0) is 27.2 Å². The van der Waals surface area contributed by atoms with Gasteiger partial charge in [-0.1, -0.05) is 54.6 Å². The van der Waals surface area contributed by atoms with Crippen molar-refractivity contribution in [2.75, 3.05) is 18.0 Å². The van der Waals surface area contributed by atoms with Gasteiger partial charge in [0.05, 0.1) is 6.04 Å². The van der Waals surface area contributed by atoms with Crippen LogP contribution in [0.2, 0.25) is 0 Å². The number of rotatable bonds is 8. The molecule has 2 heterocycles. The summed E-state index contributed by atoms with van der Waals surface area (Å²) in [6, 6.07) is 18.4. The van der Waals surface area contributed by atoms with Crippen LogP contribution in [0.15, 0.2) is 66.7 Å². The van der Waals surface area contributed by atoms with Gasteiger partial charge in [-0.15, -0.1) is 0 Å². The highest BCUT2D eigenvalue weighted by Gasteiger charge is 2.38. The number of hydrogen-bond acceptors (Lipinski definition) is 4. The minimum atomic E-state index is -5.08. The molecule has 2 aliphatic heterocycles. The lowest BCUT2D eigenvalue weighted by Crippen LogP contribution is -2.48. The molecule has 2 N–H and O–H groups in total. The van der Waals surface area contributed by atoms with E-state index in [1.165, 1.54) is 11.1 Å². The lowest BCUT2D eigenvalue weighted by Gasteiger charge is -2.27. The van der Waals surface area contributed by atoms with Crippen LogP contribution >= 0.6 is 0 Å². The molecule has 2 aromatic rings. The maximum atomic E-state index is 12.8. The molecule has 4 rings (SSSR count). The molecule has 0 bridgehead atoms. The van der Waals surface area contributed by atoms with Gasteiger partial charge in [-0.25, -0.2) is 4.79 Å². The second-order valence-corrected chi connectivity index (χ2v) is 8.78. The first-order valence-electron chi connectivity index (χ1n) is 11.8. The minimum absolute atomic E-state index is 0.00351. The molecule has 0 radical (unpaired) electrons. The molecule has 192 valence electrons. The van der Waals surface area contributed by atoms with Gasteiger partial charge in [-0.2, -0.15) is 13.2 Å². The summed E-state index contributed by atoms with van der Waals surface area (Å²) in [7, 11) is 0. The number of carboxylic acid groups (broad SMARTS) is 1. The predicted octanol–water partition coefficient (Wildman–Crippen LogP) is 4.34. The summed E-state index contributed by atoms with van der Waals surface area (Å²) in [6.07, 6.45) is 2.65. The van der Waals surface area contributed by atoms with Gasteiger partial charge < -0.3 is 15.3 Å². The van der Waals surface area contributed by atoms with Crippen molar-refractivity contribution >= 4 is 23.3 Å². The van der Waals surface area contributed by atoms with E-state index in [4.69, 9.17) is 9.90 Å². The van der Waals surface area contributed by atoms with Crippen molar-refractivity contribution in [1.29, 1.82) is 0 Å².